The van der Waals surface area contributed by atoms with E-state index >= 15 is 0 Å². The maximum atomic E-state index is 4.85. The van der Waals surface area contributed by atoms with E-state index in [1.165, 1.54) is 67.6 Å². The molecule has 2 aliphatic heterocycles. The summed E-state index contributed by atoms with van der Waals surface area (Å²) in [6.07, 6.45) is 7.42. The van der Waals surface area contributed by atoms with Crippen molar-refractivity contribution in [2.24, 2.45) is 0 Å². The van der Waals surface area contributed by atoms with Gasteiger partial charge < -0.3 is 4.90 Å². The molecule has 2 saturated heterocycles. The van der Waals surface area contributed by atoms with Gasteiger partial charge in [-0.25, -0.2) is 0 Å². The third kappa shape index (κ3) is 3.19. The molecule has 1 aromatic heterocycles. The second kappa shape index (κ2) is 6.94. The number of piperidine rings is 2. The normalized spacial score (nSPS) is 24.5. The number of hydrogen-bond donors (Lipinski definition) is 0. The zero-order valence-corrected chi connectivity index (χ0v) is 15.8. The number of rotatable bonds is 3. The Hall–Kier alpha value is -2.45. The predicted octanol–water partition coefficient (Wildman–Crippen LogP) is 5.54. The molecule has 27 heavy (non-hydrogen) atoms. The van der Waals surface area contributed by atoms with E-state index in [1.54, 1.807) is 0 Å². The van der Waals surface area contributed by atoms with Gasteiger partial charge in [0.1, 0.15) is 0 Å². The zero-order chi connectivity index (χ0) is 18.1. The summed E-state index contributed by atoms with van der Waals surface area (Å²) in [6.45, 7) is 3.78. The van der Waals surface area contributed by atoms with E-state index in [9.17, 15) is 0 Å². The van der Waals surface area contributed by atoms with Crippen molar-refractivity contribution in [2.75, 3.05) is 19.6 Å². The van der Waals surface area contributed by atoms with Gasteiger partial charge in [-0.3, -0.25) is 4.98 Å². The molecule has 0 spiro atoms. The number of fused-ring (bicyclic) bond motifs is 2. The Labute approximate surface area is 161 Å². The largest absolute Gasteiger partial charge is 0.302 e. The molecule has 0 aliphatic carbocycles. The summed E-state index contributed by atoms with van der Waals surface area (Å²) in [5.41, 5.74) is 6.55. The van der Waals surface area contributed by atoms with Gasteiger partial charge in [0.05, 0.1) is 5.69 Å². The SMILES string of the molecule is c1ccc(-c2ccc(-c3ccc(C45CCCN(CCC4)C5)cn3)cc2)cc1. The van der Waals surface area contributed by atoms with Crippen LogP contribution in [0, 0.1) is 0 Å². The Morgan fingerprint density at radius 3 is 2.04 bits per heavy atom. The van der Waals surface area contributed by atoms with Gasteiger partial charge in [-0.05, 0) is 61.5 Å². The standard InChI is InChI=1S/C25H26N2/c1-2-6-20(7-3-1)21-8-10-22(11-9-21)24-13-12-23(18-26-24)25-14-4-16-27(19-25)17-5-15-25/h1-3,6-13,18H,4-5,14-17,19H2. The Morgan fingerprint density at radius 1 is 0.704 bits per heavy atom. The van der Waals surface area contributed by atoms with Gasteiger partial charge in [-0.2, -0.15) is 0 Å². The van der Waals surface area contributed by atoms with E-state index in [-0.39, 0.29) is 0 Å². The molecule has 2 aliphatic rings. The van der Waals surface area contributed by atoms with E-state index in [2.05, 4.69) is 77.8 Å². The number of benzene rings is 2. The first-order valence-corrected chi connectivity index (χ1v) is 10.2. The Bertz CT molecular complexity index is 887. The van der Waals surface area contributed by atoms with Gasteiger partial charge in [0.2, 0.25) is 0 Å². The second-order valence-electron chi connectivity index (χ2n) is 8.14. The fourth-order valence-electron chi connectivity index (χ4n) is 4.99. The van der Waals surface area contributed by atoms with Gasteiger partial charge in [-0.15, -0.1) is 0 Å². The van der Waals surface area contributed by atoms with Crippen molar-refractivity contribution >= 4 is 0 Å². The molecule has 2 nitrogen and oxygen atoms in total. The first-order chi connectivity index (χ1) is 13.3. The van der Waals surface area contributed by atoms with E-state index < -0.39 is 0 Å². The molecule has 0 radical (unpaired) electrons. The number of aromatic nitrogens is 1. The van der Waals surface area contributed by atoms with Crippen molar-refractivity contribution in [2.45, 2.75) is 31.1 Å². The van der Waals surface area contributed by atoms with Crippen LogP contribution >= 0.6 is 0 Å². The molecule has 5 rings (SSSR count). The highest BCUT2D eigenvalue weighted by Gasteiger charge is 2.39. The fraction of sp³-hybridized carbons (Fsp3) is 0.320. The van der Waals surface area contributed by atoms with E-state index in [1.807, 2.05) is 0 Å². The summed E-state index contributed by atoms with van der Waals surface area (Å²) >= 11 is 0. The van der Waals surface area contributed by atoms with Crippen molar-refractivity contribution in [1.29, 1.82) is 0 Å². The van der Waals surface area contributed by atoms with Gasteiger partial charge >= 0.3 is 0 Å². The van der Waals surface area contributed by atoms with Crippen LogP contribution in [0.3, 0.4) is 0 Å². The Morgan fingerprint density at radius 2 is 1.37 bits per heavy atom. The average Bonchev–Trinajstić information content (AvgIpc) is 2.75. The zero-order valence-electron chi connectivity index (χ0n) is 15.8. The molecule has 2 aromatic carbocycles. The summed E-state index contributed by atoms with van der Waals surface area (Å²) in [5, 5.41) is 0. The van der Waals surface area contributed by atoms with Crippen LogP contribution in [-0.4, -0.2) is 29.5 Å². The summed E-state index contributed by atoms with van der Waals surface area (Å²) in [6, 6.07) is 23.8. The summed E-state index contributed by atoms with van der Waals surface area (Å²) in [4.78, 5) is 7.49. The van der Waals surface area contributed by atoms with Crippen molar-refractivity contribution in [3.8, 4) is 22.4 Å². The number of nitrogens with zero attached hydrogens (tertiary/aromatic N) is 2. The first-order valence-electron chi connectivity index (χ1n) is 10.2. The maximum absolute atomic E-state index is 4.85. The van der Waals surface area contributed by atoms with Gasteiger partial charge in [-0.1, -0.05) is 60.7 Å². The second-order valence-corrected chi connectivity index (χ2v) is 8.14. The van der Waals surface area contributed by atoms with Crippen LogP contribution < -0.4 is 0 Å². The topological polar surface area (TPSA) is 16.1 Å². The van der Waals surface area contributed by atoms with E-state index in [0.717, 1.165) is 5.69 Å². The van der Waals surface area contributed by atoms with Crippen molar-refractivity contribution in [1.82, 2.24) is 9.88 Å². The molecule has 2 heteroatoms. The Kier molecular flexibility index (Phi) is 4.29. The molecule has 0 atom stereocenters. The lowest BCUT2D eigenvalue weighted by atomic mass is 9.69. The number of hydrogen-bond acceptors (Lipinski definition) is 2. The molecular formula is C25H26N2. The molecular weight excluding hydrogens is 328 g/mol. The highest BCUT2D eigenvalue weighted by molar-refractivity contribution is 5.68. The van der Waals surface area contributed by atoms with Gasteiger partial charge in [0, 0.05) is 23.7 Å². The first kappa shape index (κ1) is 16.7. The smallest absolute Gasteiger partial charge is 0.0702 e. The van der Waals surface area contributed by atoms with Crippen LogP contribution in [-0.2, 0) is 5.41 Å². The third-order valence-corrected chi connectivity index (χ3v) is 6.45. The van der Waals surface area contributed by atoms with Crippen LogP contribution in [0.15, 0.2) is 72.9 Å². The summed E-state index contributed by atoms with van der Waals surface area (Å²) in [7, 11) is 0. The molecule has 0 amide bonds. The highest BCUT2D eigenvalue weighted by Crippen LogP contribution is 2.41. The van der Waals surface area contributed by atoms with Gasteiger partial charge in [0.15, 0.2) is 0 Å². The molecule has 2 fully saturated rings. The van der Waals surface area contributed by atoms with Crippen LogP contribution in [0.4, 0.5) is 0 Å². The van der Waals surface area contributed by atoms with Crippen molar-refractivity contribution in [3.05, 3.63) is 78.5 Å². The van der Waals surface area contributed by atoms with Crippen molar-refractivity contribution in [3.63, 3.8) is 0 Å². The fourth-order valence-corrected chi connectivity index (χ4v) is 4.99. The minimum Gasteiger partial charge on any atom is -0.302 e. The molecule has 3 aromatic rings. The van der Waals surface area contributed by atoms with Crippen LogP contribution in [0.2, 0.25) is 0 Å². The summed E-state index contributed by atoms with van der Waals surface area (Å²) in [5.74, 6) is 0. The monoisotopic (exact) mass is 354 g/mol. The molecule has 3 heterocycles. The van der Waals surface area contributed by atoms with E-state index in [0.29, 0.717) is 5.41 Å². The van der Waals surface area contributed by atoms with E-state index in [4.69, 9.17) is 4.98 Å². The molecule has 0 saturated carbocycles. The average molecular weight is 354 g/mol. The molecule has 0 unspecified atom stereocenters. The molecule has 0 N–H and O–H groups in total. The van der Waals surface area contributed by atoms with Crippen LogP contribution in [0.1, 0.15) is 31.2 Å². The predicted molar refractivity (Wildman–Crippen MR) is 112 cm³/mol. The van der Waals surface area contributed by atoms with Crippen molar-refractivity contribution < 1.29 is 0 Å². The molecule has 2 bridgehead atoms. The van der Waals surface area contributed by atoms with Crippen LogP contribution in [0.25, 0.3) is 22.4 Å². The molecule has 136 valence electrons. The minimum atomic E-state index is 0.346. The van der Waals surface area contributed by atoms with Gasteiger partial charge in [0.25, 0.3) is 0 Å². The summed E-state index contributed by atoms with van der Waals surface area (Å²) < 4.78 is 0. The lowest BCUT2D eigenvalue weighted by molar-refractivity contribution is 0.0941. The maximum Gasteiger partial charge on any atom is 0.0702 e. The lowest BCUT2D eigenvalue weighted by Crippen LogP contribution is -2.50. The minimum absolute atomic E-state index is 0.346. The third-order valence-electron chi connectivity index (χ3n) is 6.45. The highest BCUT2D eigenvalue weighted by atomic mass is 15.1. The van der Waals surface area contributed by atoms with Crippen LogP contribution in [0.5, 0.6) is 0 Å². The lowest BCUT2D eigenvalue weighted by Gasteiger charge is -2.47. The number of pyridine rings is 1. The Balaban J connectivity index is 1.39. The quantitative estimate of drug-likeness (QED) is 0.613.